The van der Waals surface area contributed by atoms with Gasteiger partial charge in [-0.2, -0.15) is 0 Å². The van der Waals surface area contributed by atoms with E-state index >= 15 is 0 Å². The molecule has 0 aromatic heterocycles. The van der Waals surface area contributed by atoms with Crippen LogP contribution in [0.4, 0.5) is 4.79 Å². The molecule has 1 fully saturated rings. The molecule has 0 spiro atoms. The minimum atomic E-state index is -0.550. The lowest BCUT2D eigenvalue weighted by atomic mass is 9.74. The van der Waals surface area contributed by atoms with E-state index in [0.29, 0.717) is 0 Å². The molecule has 0 saturated carbocycles. The third kappa shape index (κ3) is 4.21. The molecule has 2 atom stereocenters. The maximum absolute atomic E-state index is 13.2. The molecule has 2 aromatic rings. The van der Waals surface area contributed by atoms with Crippen molar-refractivity contribution in [2.75, 3.05) is 6.61 Å². The van der Waals surface area contributed by atoms with E-state index in [4.69, 9.17) is 4.74 Å². The fraction of sp³-hybridized carbons (Fsp3) is 0.391. The molecule has 4 heteroatoms. The Labute approximate surface area is 161 Å². The van der Waals surface area contributed by atoms with Crippen LogP contribution in [-0.4, -0.2) is 23.5 Å². The number of hydrogen-bond donors (Lipinski definition) is 0. The number of imide groups is 1. The van der Waals surface area contributed by atoms with E-state index in [2.05, 4.69) is 32.9 Å². The minimum absolute atomic E-state index is 0.00900. The molecule has 0 radical (unpaired) electrons. The summed E-state index contributed by atoms with van der Waals surface area (Å²) in [5.74, 6) is -0.178. The molecule has 0 N–H and O–H groups in total. The van der Waals surface area contributed by atoms with Crippen molar-refractivity contribution in [2.24, 2.45) is 5.41 Å². The Morgan fingerprint density at radius 3 is 2.48 bits per heavy atom. The molecule has 1 unspecified atom stereocenters. The second-order valence-corrected chi connectivity index (χ2v) is 8.30. The van der Waals surface area contributed by atoms with Crippen molar-refractivity contribution in [2.45, 2.75) is 46.1 Å². The highest BCUT2D eigenvalue weighted by Gasteiger charge is 2.40. The Morgan fingerprint density at radius 1 is 1.15 bits per heavy atom. The Morgan fingerprint density at radius 2 is 1.85 bits per heavy atom. The number of benzene rings is 2. The summed E-state index contributed by atoms with van der Waals surface area (Å²) in [6.45, 7) is 8.65. The number of rotatable bonds is 4. The van der Waals surface area contributed by atoms with Gasteiger partial charge < -0.3 is 4.74 Å². The van der Waals surface area contributed by atoms with Crippen LogP contribution in [0.3, 0.4) is 0 Å². The molecule has 1 aliphatic rings. The fourth-order valence-corrected chi connectivity index (χ4v) is 3.70. The van der Waals surface area contributed by atoms with E-state index in [1.165, 1.54) is 4.90 Å². The smallest absolute Gasteiger partial charge is 0.417 e. The first-order valence-corrected chi connectivity index (χ1v) is 9.37. The highest BCUT2D eigenvalue weighted by Crippen LogP contribution is 2.39. The van der Waals surface area contributed by atoms with Gasteiger partial charge >= 0.3 is 6.09 Å². The van der Waals surface area contributed by atoms with Crippen molar-refractivity contribution in [3.63, 3.8) is 0 Å². The first-order valence-electron chi connectivity index (χ1n) is 9.37. The zero-order valence-corrected chi connectivity index (χ0v) is 16.4. The highest BCUT2D eigenvalue weighted by molar-refractivity contribution is 5.94. The van der Waals surface area contributed by atoms with E-state index in [-0.39, 0.29) is 36.3 Å². The topological polar surface area (TPSA) is 46.6 Å². The predicted octanol–water partition coefficient (Wildman–Crippen LogP) is 5.23. The molecule has 2 aromatic carbocycles. The van der Waals surface area contributed by atoms with Gasteiger partial charge in [-0.1, -0.05) is 80.9 Å². The van der Waals surface area contributed by atoms with Crippen LogP contribution in [0.1, 0.15) is 55.8 Å². The molecule has 1 saturated heterocycles. The third-order valence-corrected chi connectivity index (χ3v) is 5.19. The van der Waals surface area contributed by atoms with Crippen molar-refractivity contribution in [1.29, 1.82) is 0 Å². The zero-order valence-electron chi connectivity index (χ0n) is 16.4. The van der Waals surface area contributed by atoms with Crippen molar-refractivity contribution in [3.8, 4) is 0 Å². The first-order chi connectivity index (χ1) is 12.8. The van der Waals surface area contributed by atoms with E-state index in [9.17, 15) is 9.59 Å². The van der Waals surface area contributed by atoms with Crippen LogP contribution in [0.2, 0.25) is 0 Å². The molecule has 27 heavy (non-hydrogen) atoms. The maximum Gasteiger partial charge on any atom is 0.417 e. The third-order valence-electron chi connectivity index (χ3n) is 5.19. The van der Waals surface area contributed by atoms with Crippen LogP contribution in [-0.2, 0) is 9.53 Å². The van der Waals surface area contributed by atoms with Crippen LogP contribution in [0.5, 0.6) is 0 Å². The number of nitrogens with zero attached hydrogens (tertiary/aromatic N) is 1. The van der Waals surface area contributed by atoms with Gasteiger partial charge in [0.15, 0.2) is 0 Å². The average Bonchev–Trinajstić information content (AvgIpc) is 3.01. The van der Waals surface area contributed by atoms with Gasteiger partial charge in [0.05, 0.1) is 0 Å². The highest BCUT2D eigenvalue weighted by atomic mass is 16.6. The maximum atomic E-state index is 13.2. The monoisotopic (exact) mass is 365 g/mol. The second kappa shape index (κ2) is 7.55. The number of hydrogen-bond acceptors (Lipinski definition) is 3. The van der Waals surface area contributed by atoms with Crippen molar-refractivity contribution in [3.05, 3.63) is 71.3 Å². The average molecular weight is 365 g/mol. The molecule has 0 bridgehead atoms. The van der Waals surface area contributed by atoms with Crippen LogP contribution in [0.15, 0.2) is 54.6 Å². The molecule has 3 rings (SSSR count). The summed E-state index contributed by atoms with van der Waals surface area (Å²) in [5, 5.41) is 0. The lowest BCUT2D eigenvalue weighted by Gasteiger charge is -2.32. The van der Waals surface area contributed by atoms with Gasteiger partial charge in [-0.05, 0) is 29.4 Å². The molecule has 4 nitrogen and oxygen atoms in total. The summed E-state index contributed by atoms with van der Waals surface area (Å²) in [6.07, 6.45) is -0.281. The SMILES string of the molecule is Cc1cccc([C@H](CC(=O)N2C(=O)OCC2c2ccccc2)C(C)(C)C)c1. The molecule has 2 amide bonds. The number of aryl methyl sites for hydroxylation is 1. The second-order valence-electron chi connectivity index (χ2n) is 8.30. The molecular formula is C23H27NO3. The van der Waals surface area contributed by atoms with E-state index in [0.717, 1.165) is 16.7 Å². The standard InChI is InChI=1S/C23H27NO3/c1-16-9-8-12-18(13-16)19(23(2,3)4)14-21(25)24-20(15-27-22(24)26)17-10-6-5-7-11-17/h5-13,19-20H,14-15H2,1-4H3/t19-,20?/m0/s1. The van der Waals surface area contributed by atoms with E-state index < -0.39 is 6.09 Å². The summed E-state index contributed by atoms with van der Waals surface area (Å²) in [6, 6.07) is 17.5. The molecule has 1 aliphatic heterocycles. The summed E-state index contributed by atoms with van der Waals surface area (Å²) < 4.78 is 5.21. The van der Waals surface area contributed by atoms with Crippen LogP contribution in [0.25, 0.3) is 0 Å². The van der Waals surface area contributed by atoms with Gasteiger partial charge in [0.2, 0.25) is 5.91 Å². The number of ether oxygens (including phenoxy) is 1. The number of carbonyl (C=O) groups is 2. The summed E-state index contributed by atoms with van der Waals surface area (Å²) >= 11 is 0. The van der Waals surface area contributed by atoms with Crippen LogP contribution in [0, 0.1) is 12.3 Å². The summed E-state index contributed by atoms with van der Waals surface area (Å²) in [4.78, 5) is 26.8. The van der Waals surface area contributed by atoms with Crippen molar-refractivity contribution in [1.82, 2.24) is 4.90 Å². The van der Waals surface area contributed by atoms with Crippen LogP contribution < -0.4 is 0 Å². The summed E-state index contributed by atoms with van der Waals surface area (Å²) in [5.41, 5.74) is 3.09. The van der Waals surface area contributed by atoms with Crippen LogP contribution >= 0.6 is 0 Å². The van der Waals surface area contributed by atoms with Gasteiger partial charge in [0.1, 0.15) is 12.6 Å². The van der Waals surface area contributed by atoms with E-state index in [1.54, 1.807) is 0 Å². The Kier molecular flexibility index (Phi) is 5.36. The van der Waals surface area contributed by atoms with Gasteiger partial charge in [-0.15, -0.1) is 0 Å². The fourth-order valence-electron chi connectivity index (χ4n) is 3.70. The molecule has 1 heterocycles. The predicted molar refractivity (Wildman–Crippen MR) is 105 cm³/mol. The number of amides is 2. The minimum Gasteiger partial charge on any atom is -0.446 e. The first kappa shape index (κ1) is 19.2. The van der Waals surface area contributed by atoms with Gasteiger partial charge in [-0.25, -0.2) is 9.69 Å². The largest absolute Gasteiger partial charge is 0.446 e. The quantitative estimate of drug-likeness (QED) is 0.745. The lowest BCUT2D eigenvalue weighted by molar-refractivity contribution is -0.130. The Bertz CT molecular complexity index is 823. The zero-order chi connectivity index (χ0) is 19.6. The molecule has 142 valence electrons. The number of carbonyl (C=O) groups excluding carboxylic acids is 2. The molecule has 0 aliphatic carbocycles. The molecular weight excluding hydrogens is 338 g/mol. The number of cyclic esters (lactones) is 1. The van der Waals surface area contributed by atoms with Gasteiger partial charge in [0, 0.05) is 6.42 Å². The Balaban J connectivity index is 1.87. The lowest BCUT2D eigenvalue weighted by Crippen LogP contribution is -2.36. The van der Waals surface area contributed by atoms with Gasteiger partial charge in [0.25, 0.3) is 0 Å². The van der Waals surface area contributed by atoms with Crippen molar-refractivity contribution < 1.29 is 14.3 Å². The van der Waals surface area contributed by atoms with Gasteiger partial charge in [-0.3, -0.25) is 4.79 Å². The summed E-state index contributed by atoms with van der Waals surface area (Å²) in [7, 11) is 0. The van der Waals surface area contributed by atoms with Crippen molar-refractivity contribution >= 4 is 12.0 Å². The van der Waals surface area contributed by atoms with E-state index in [1.807, 2.05) is 49.4 Å². The normalized spacial score (nSPS) is 18.3. The Hall–Kier alpha value is -2.62.